The van der Waals surface area contributed by atoms with Gasteiger partial charge in [-0.1, -0.05) is 12.1 Å². The zero-order chi connectivity index (χ0) is 12.5. The van der Waals surface area contributed by atoms with Crippen LogP contribution < -0.4 is 4.74 Å². The molecular weight excluding hydrogens is 248 g/mol. The molecule has 0 unspecified atom stereocenters. The number of methoxy groups -OCH3 is 1. The lowest BCUT2D eigenvalue weighted by Gasteiger charge is -2.06. The number of hydrogen-bond donors (Lipinski definition) is 1. The zero-order valence-electron chi connectivity index (χ0n) is 9.83. The molecule has 0 fully saturated rings. The molecule has 0 saturated carbocycles. The predicted octanol–water partition coefficient (Wildman–Crippen LogP) is 2.56. The summed E-state index contributed by atoms with van der Waals surface area (Å²) in [5.41, 5.74) is 2.73. The molecule has 0 spiro atoms. The molecule has 0 aliphatic carbocycles. The summed E-state index contributed by atoms with van der Waals surface area (Å²) < 4.78 is 7.35. The normalized spacial score (nSPS) is 11.0. The molecule has 1 N–H and O–H groups in total. The van der Waals surface area contributed by atoms with Crippen LogP contribution in [-0.2, 0) is 6.61 Å². The Morgan fingerprint density at radius 1 is 1.39 bits per heavy atom. The summed E-state index contributed by atoms with van der Waals surface area (Å²) in [7, 11) is 1.66. The minimum absolute atomic E-state index is 0.0419. The highest BCUT2D eigenvalue weighted by Gasteiger charge is 2.12. The van der Waals surface area contributed by atoms with Gasteiger partial charge in [-0.15, -0.1) is 11.3 Å². The van der Waals surface area contributed by atoms with Crippen molar-refractivity contribution in [1.29, 1.82) is 0 Å². The van der Waals surface area contributed by atoms with Gasteiger partial charge in [0.05, 0.1) is 25.1 Å². The molecule has 2 heterocycles. The lowest BCUT2D eigenvalue weighted by atomic mass is 10.1. The SMILES string of the molecule is COc1ccccc1-c1csc2nc(CO)cn12. The van der Waals surface area contributed by atoms with Gasteiger partial charge in [0.1, 0.15) is 5.75 Å². The van der Waals surface area contributed by atoms with E-state index in [0.29, 0.717) is 5.69 Å². The van der Waals surface area contributed by atoms with Gasteiger partial charge < -0.3 is 9.84 Å². The number of para-hydroxylation sites is 1. The molecule has 4 nitrogen and oxygen atoms in total. The van der Waals surface area contributed by atoms with Gasteiger partial charge >= 0.3 is 0 Å². The summed E-state index contributed by atoms with van der Waals surface area (Å²) in [4.78, 5) is 5.20. The van der Waals surface area contributed by atoms with Crippen LogP contribution >= 0.6 is 11.3 Å². The fourth-order valence-corrected chi connectivity index (χ4v) is 2.85. The predicted molar refractivity (Wildman–Crippen MR) is 71.0 cm³/mol. The maximum absolute atomic E-state index is 9.12. The van der Waals surface area contributed by atoms with Crippen LogP contribution in [0.25, 0.3) is 16.2 Å². The molecule has 2 aromatic heterocycles. The summed E-state index contributed by atoms with van der Waals surface area (Å²) in [6.07, 6.45) is 1.85. The largest absolute Gasteiger partial charge is 0.496 e. The maximum atomic E-state index is 9.12. The molecule has 0 amide bonds. The van der Waals surface area contributed by atoms with Crippen molar-refractivity contribution in [3.05, 3.63) is 41.5 Å². The number of benzene rings is 1. The number of thiazole rings is 1. The zero-order valence-corrected chi connectivity index (χ0v) is 10.6. The highest BCUT2D eigenvalue weighted by Crippen LogP contribution is 2.32. The van der Waals surface area contributed by atoms with E-state index in [1.165, 1.54) is 0 Å². The Bertz CT molecular complexity index is 687. The van der Waals surface area contributed by atoms with Crippen LogP contribution in [0, 0.1) is 0 Å². The van der Waals surface area contributed by atoms with Crippen molar-refractivity contribution in [2.45, 2.75) is 6.61 Å². The van der Waals surface area contributed by atoms with Crippen molar-refractivity contribution in [2.75, 3.05) is 7.11 Å². The maximum Gasteiger partial charge on any atom is 0.194 e. The Morgan fingerprint density at radius 3 is 3.00 bits per heavy atom. The van der Waals surface area contributed by atoms with E-state index in [9.17, 15) is 0 Å². The Labute approximate surface area is 108 Å². The first-order valence-electron chi connectivity index (χ1n) is 5.53. The highest BCUT2D eigenvalue weighted by atomic mass is 32.1. The van der Waals surface area contributed by atoms with E-state index >= 15 is 0 Å². The molecule has 1 aromatic carbocycles. The third kappa shape index (κ3) is 1.68. The molecule has 5 heteroatoms. The van der Waals surface area contributed by atoms with Gasteiger partial charge in [0.25, 0.3) is 0 Å². The summed E-state index contributed by atoms with van der Waals surface area (Å²) >= 11 is 1.55. The van der Waals surface area contributed by atoms with Crippen LogP contribution in [-0.4, -0.2) is 21.6 Å². The standard InChI is InChI=1S/C13H12N2O2S/c1-17-12-5-3-2-4-10(12)11-8-18-13-14-9(7-16)6-15(11)13/h2-6,8,16H,7H2,1H3. The van der Waals surface area contributed by atoms with Crippen LogP contribution in [0.4, 0.5) is 0 Å². The monoisotopic (exact) mass is 260 g/mol. The van der Waals surface area contributed by atoms with Crippen LogP contribution in [0.3, 0.4) is 0 Å². The lowest BCUT2D eigenvalue weighted by Crippen LogP contribution is -1.90. The summed E-state index contributed by atoms with van der Waals surface area (Å²) in [5.74, 6) is 0.830. The number of hydrogen-bond acceptors (Lipinski definition) is 4. The molecule has 3 rings (SSSR count). The number of aliphatic hydroxyl groups excluding tert-OH is 1. The van der Waals surface area contributed by atoms with E-state index in [-0.39, 0.29) is 6.61 Å². The van der Waals surface area contributed by atoms with Crippen molar-refractivity contribution >= 4 is 16.3 Å². The Hall–Kier alpha value is -1.85. The minimum Gasteiger partial charge on any atom is -0.496 e. The van der Waals surface area contributed by atoms with Crippen molar-refractivity contribution in [1.82, 2.24) is 9.38 Å². The first-order valence-corrected chi connectivity index (χ1v) is 6.41. The van der Waals surface area contributed by atoms with Crippen LogP contribution in [0.15, 0.2) is 35.8 Å². The van der Waals surface area contributed by atoms with Gasteiger partial charge in [0.2, 0.25) is 0 Å². The third-order valence-corrected chi connectivity index (χ3v) is 3.64. The number of aliphatic hydroxyl groups is 1. The second kappa shape index (κ2) is 4.44. The number of nitrogens with zero attached hydrogens (tertiary/aromatic N) is 2. The molecule has 92 valence electrons. The second-order valence-electron chi connectivity index (χ2n) is 3.86. The number of rotatable bonds is 3. The molecule has 18 heavy (non-hydrogen) atoms. The second-order valence-corrected chi connectivity index (χ2v) is 4.70. The molecular formula is C13H12N2O2S. The first-order chi connectivity index (χ1) is 8.83. The van der Waals surface area contributed by atoms with Gasteiger partial charge in [0.15, 0.2) is 4.96 Å². The number of ether oxygens (including phenoxy) is 1. The molecule has 0 aliphatic heterocycles. The van der Waals surface area contributed by atoms with Gasteiger partial charge in [-0.2, -0.15) is 0 Å². The van der Waals surface area contributed by atoms with E-state index in [1.807, 2.05) is 40.2 Å². The molecule has 0 saturated heterocycles. The van der Waals surface area contributed by atoms with Crippen molar-refractivity contribution in [2.24, 2.45) is 0 Å². The van der Waals surface area contributed by atoms with E-state index in [4.69, 9.17) is 9.84 Å². The van der Waals surface area contributed by atoms with Crippen LogP contribution in [0.1, 0.15) is 5.69 Å². The number of aromatic nitrogens is 2. The van der Waals surface area contributed by atoms with E-state index in [0.717, 1.165) is 22.0 Å². The van der Waals surface area contributed by atoms with Gasteiger partial charge in [-0.25, -0.2) is 4.98 Å². The lowest BCUT2D eigenvalue weighted by molar-refractivity contribution is 0.277. The number of imidazole rings is 1. The minimum atomic E-state index is -0.0419. The Morgan fingerprint density at radius 2 is 2.22 bits per heavy atom. The van der Waals surface area contributed by atoms with E-state index < -0.39 is 0 Å². The van der Waals surface area contributed by atoms with Crippen molar-refractivity contribution in [3.8, 4) is 17.0 Å². The molecule has 3 aromatic rings. The van der Waals surface area contributed by atoms with Crippen LogP contribution in [0.2, 0.25) is 0 Å². The van der Waals surface area contributed by atoms with Crippen LogP contribution in [0.5, 0.6) is 5.75 Å². The average molecular weight is 260 g/mol. The summed E-state index contributed by atoms with van der Waals surface area (Å²) in [6.45, 7) is -0.0419. The molecule has 0 aliphatic rings. The first kappa shape index (κ1) is 11.3. The highest BCUT2D eigenvalue weighted by molar-refractivity contribution is 7.15. The molecule has 0 radical (unpaired) electrons. The number of fused-ring (bicyclic) bond motifs is 1. The smallest absolute Gasteiger partial charge is 0.194 e. The molecule has 0 bridgehead atoms. The average Bonchev–Trinajstić information content (AvgIpc) is 2.98. The molecule has 0 atom stereocenters. The fraction of sp³-hybridized carbons (Fsp3) is 0.154. The summed E-state index contributed by atoms with van der Waals surface area (Å²) in [5, 5.41) is 11.2. The van der Waals surface area contributed by atoms with Crippen molar-refractivity contribution in [3.63, 3.8) is 0 Å². The van der Waals surface area contributed by atoms with Crippen molar-refractivity contribution < 1.29 is 9.84 Å². The van der Waals surface area contributed by atoms with Gasteiger partial charge in [-0.05, 0) is 12.1 Å². The van der Waals surface area contributed by atoms with Gasteiger partial charge in [-0.3, -0.25) is 4.40 Å². The Balaban J connectivity index is 2.21. The Kier molecular flexibility index (Phi) is 2.77. The quantitative estimate of drug-likeness (QED) is 0.787. The summed E-state index contributed by atoms with van der Waals surface area (Å²) in [6, 6.07) is 7.87. The van der Waals surface area contributed by atoms with E-state index in [1.54, 1.807) is 18.4 Å². The third-order valence-electron chi connectivity index (χ3n) is 2.80. The topological polar surface area (TPSA) is 46.8 Å². The van der Waals surface area contributed by atoms with E-state index in [2.05, 4.69) is 4.98 Å². The fourth-order valence-electron chi connectivity index (χ4n) is 1.96. The van der Waals surface area contributed by atoms with Gasteiger partial charge in [0, 0.05) is 17.1 Å².